The van der Waals surface area contributed by atoms with E-state index in [-0.39, 0.29) is 5.41 Å². The fourth-order valence-corrected chi connectivity index (χ4v) is 3.87. The highest BCUT2D eigenvalue weighted by molar-refractivity contribution is 5.86. The van der Waals surface area contributed by atoms with Gasteiger partial charge in [0.2, 0.25) is 0 Å². The molecule has 1 atom stereocenters. The van der Waals surface area contributed by atoms with Crippen LogP contribution >= 0.6 is 0 Å². The first-order valence-electron chi connectivity index (χ1n) is 8.14. The monoisotopic (exact) mass is 287 g/mol. The zero-order valence-electron chi connectivity index (χ0n) is 12.6. The maximum absolute atomic E-state index is 12.9. The number of rotatable bonds is 4. The maximum Gasteiger partial charge on any atom is 0.141 e. The van der Waals surface area contributed by atoms with Crippen LogP contribution in [0.1, 0.15) is 49.1 Å². The average Bonchev–Trinajstić information content (AvgIpc) is 2.56. The normalized spacial score (nSPS) is 24.3. The molecule has 114 valence electrons. The van der Waals surface area contributed by atoms with Gasteiger partial charge in [0.1, 0.15) is 5.78 Å². The van der Waals surface area contributed by atoms with E-state index in [2.05, 4.69) is 24.3 Å². The van der Waals surface area contributed by atoms with E-state index in [0.29, 0.717) is 37.9 Å². The number of benzene rings is 1. The largest absolute Gasteiger partial charge is 0.381 e. The van der Waals surface area contributed by atoms with Gasteiger partial charge in [-0.15, -0.1) is 0 Å². The Bertz CT molecular complexity index is 506. The van der Waals surface area contributed by atoms with Gasteiger partial charge in [-0.2, -0.15) is 0 Å². The summed E-state index contributed by atoms with van der Waals surface area (Å²) in [6.45, 7) is 1.80. The standard InChI is InChI=1S/C18H25NO2/c19-13-18(8-10-21-11-9-18)17(20)12-15-6-3-5-14-4-1-2-7-16(14)15/h1-2,4,7,15H,3,5-6,8-13,19H2. The van der Waals surface area contributed by atoms with E-state index in [0.717, 1.165) is 25.7 Å². The SMILES string of the molecule is NCC1(C(=O)CC2CCCc3ccccc32)CCOCC1. The minimum Gasteiger partial charge on any atom is -0.381 e. The van der Waals surface area contributed by atoms with Crippen molar-refractivity contribution in [3.63, 3.8) is 0 Å². The highest BCUT2D eigenvalue weighted by atomic mass is 16.5. The summed E-state index contributed by atoms with van der Waals surface area (Å²) in [6.07, 6.45) is 5.69. The molecule has 1 aromatic carbocycles. The first-order chi connectivity index (χ1) is 10.2. The minimum absolute atomic E-state index is 0.329. The number of carbonyl (C=O) groups excluding carboxylic acids is 1. The summed E-state index contributed by atoms with van der Waals surface area (Å²) >= 11 is 0. The number of hydrogen-bond acceptors (Lipinski definition) is 3. The second-order valence-corrected chi connectivity index (χ2v) is 6.51. The van der Waals surface area contributed by atoms with E-state index >= 15 is 0 Å². The van der Waals surface area contributed by atoms with Gasteiger partial charge in [0, 0.05) is 31.6 Å². The molecule has 21 heavy (non-hydrogen) atoms. The van der Waals surface area contributed by atoms with Crippen molar-refractivity contribution in [2.24, 2.45) is 11.1 Å². The third-order valence-corrected chi connectivity index (χ3v) is 5.36. The van der Waals surface area contributed by atoms with Gasteiger partial charge in [0.15, 0.2) is 0 Å². The zero-order valence-corrected chi connectivity index (χ0v) is 12.6. The van der Waals surface area contributed by atoms with Crippen LogP contribution in [0.3, 0.4) is 0 Å². The van der Waals surface area contributed by atoms with E-state index in [1.54, 1.807) is 0 Å². The number of nitrogens with two attached hydrogens (primary N) is 1. The molecule has 3 heteroatoms. The summed E-state index contributed by atoms with van der Waals surface area (Å²) in [4.78, 5) is 12.9. The average molecular weight is 287 g/mol. The predicted molar refractivity (Wildman–Crippen MR) is 83.3 cm³/mol. The molecule has 1 unspecified atom stereocenters. The molecule has 0 spiro atoms. The number of Topliss-reactive ketones (excluding diaryl/α,β-unsaturated/α-hetero) is 1. The van der Waals surface area contributed by atoms with Crippen LogP contribution in [-0.4, -0.2) is 25.5 Å². The van der Waals surface area contributed by atoms with Crippen molar-refractivity contribution in [3.8, 4) is 0 Å². The van der Waals surface area contributed by atoms with Crippen LogP contribution in [0.15, 0.2) is 24.3 Å². The minimum atomic E-state index is -0.329. The molecule has 1 fully saturated rings. The number of carbonyl (C=O) groups is 1. The van der Waals surface area contributed by atoms with Gasteiger partial charge in [0.25, 0.3) is 0 Å². The van der Waals surface area contributed by atoms with Crippen LogP contribution in [-0.2, 0) is 16.0 Å². The number of hydrogen-bond donors (Lipinski definition) is 1. The Morgan fingerprint density at radius 2 is 2.05 bits per heavy atom. The first-order valence-corrected chi connectivity index (χ1v) is 8.14. The highest BCUT2D eigenvalue weighted by Crippen LogP contribution is 2.39. The van der Waals surface area contributed by atoms with E-state index in [1.165, 1.54) is 17.5 Å². The molecule has 0 radical (unpaired) electrons. The van der Waals surface area contributed by atoms with Crippen LogP contribution in [0.4, 0.5) is 0 Å². The third-order valence-electron chi connectivity index (χ3n) is 5.36. The Kier molecular flexibility index (Phi) is 4.41. The Labute approximate surface area is 126 Å². The van der Waals surface area contributed by atoms with Crippen molar-refractivity contribution in [2.45, 2.75) is 44.4 Å². The van der Waals surface area contributed by atoms with Crippen molar-refractivity contribution in [1.29, 1.82) is 0 Å². The fraction of sp³-hybridized carbons (Fsp3) is 0.611. The lowest BCUT2D eigenvalue weighted by Gasteiger charge is -2.36. The lowest BCUT2D eigenvalue weighted by atomic mass is 9.71. The van der Waals surface area contributed by atoms with Crippen molar-refractivity contribution < 1.29 is 9.53 Å². The molecule has 0 bridgehead atoms. The number of fused-ring (bicyclic) bond motifs is 1. The summed E-state index contributed by atoms with van der Waals surface area (Å²) < 4.78 is 5.42. The topological polar surface area (TPSA) is 52.3 Å². The number of ether oxygens (including phenoxy) is 1. The highest BCUT2D eigenvalue weighted by Gasteiger charge is 2.39. The summed E-state index contributed by atoms with van der Waals surface area (Å²) in [5, 5.41) is 0. The molecule has 0 amide bonds. The van der Waals surface area contributed by atoms with E-state index < -0.39 is 0 Å². The number of ketones is 1. The molecule has 0 saturated carbocycles. The van der Waals surface area contributed by atoms with Gasteiger partial charge in [0.05, 0.1) is 0 Å². The van der Waals surface area contributed by atoms with Crippen molar-refractivity contribution in [2.75, 3.05) is 19.8 Å². The van der Waals surface area contributed by atoms with Crippen molar-refractivity contribution in [1.82, 2.24) is 0 Å². The van der Waals surface area contributed by atoms with Crippen LogP contribution in [0.2, 0.25) is 0 Å². The van der Waals surface area contributed by atoms with Gasteiger partial charge in [-0.25, -0.2) is 0 Å². The molecule has 1 saturated heterocycles. The van der Waals surface area contributed by atoms with Crippen LogP contribution in [0.25, 0.3) is 0 Å². The second kappa shape index (κ2) is 6.29. The summed E-state index contributed by atoms with van der Waals surface area (Å²) in [7, 11) is 0. The molecule has 1 aliphatic heterocycles. The molecule has 1 heterocycles. The van der Waals surface area contributed by atoms with Crippen LogP contribution < -0.4 is 5.73 Å². The Morgan fingerprint density at radius 1 is 1.29 bits per heavy atom. The molecular weight excluding hydrogens is 262 g/mol. The molecule has 2 N–H and O–H groups in total. The summed E-state index contributed by atoms with van der Waals surface area (Å²) in [6, 6.07) is 8.60. The second-order valence-electron chi connectivity index (χ2n) is 6.51. The van der Waals surface area contributed by atoms with Gasteiger partial charge in [-0.05, 0) is 49.1 Å². The fourth-order valence-electron chi connectivity index (χ4n) is 3.87. The summed E-state index contributed by atoms with van der Waals surface area (Å²) in [5.41, 5.74) is 8.45. The molecular formula is C18H25NO2. The Balaban J connectivity index is 1.76. The lowest BCUT2D eigenvalue weighted by Crippen LogP contribution is -2.43. The van der Waals surface area contributed by atoms with Crippen molar-refractivity contribution in [3.05, 3.63) is 35.4 Å². The Morgan fingerprint density at radius 3 is 2.81 bits per heavy atom. The lowest BCUT2D eigenvalue weighted by molar-refractivity contribution is -0.134. The van der Waals surface area contributed by atoms with E-state index in [9.17, 15) is 4.79 Å². The van der Waals surface area contributed by atoms with Crippen LogP contribution in [0.5, 0.6) is 0 Å². The van der Waals surface area contributed by atoms with Gasteiger partial charge in [-0.3, -0.25) is 4.79 Å². The van der Waals surface area contributed by atoms with Gasteiger partial charge < -0.3 is 10.5 Å². The quantitative estimate of drug-likeness (QED) is 0.926. The number of aryl methyl sites for hydroxylation is 1. The zero-order chi connectivity index (χ0) is 14.7. The molecule has 2 aliphatic rings. The van der Waals surface area contributed by atoms with E-state index in [1.807, 2.05) is 0 Å². The third kappa shape index (κ3) is 2.90. The van der Waals surface area contributed by atoms with Crippen LogP contribution in [0, 0.1) is 5.41 Å². The molecule has 0 aromatic heterocycles. The first kappa shape index (κ1) is 14.7. The molecule has 3 nitrogen and oxygen atoms in total. The van der Waals surface area contributed by atoms with Gasteiger partial charge >= 0.3 is 0 Å². The summed E-state index contributed by atoms with van der Waals surface area (Å²) in [5.74, 6) is 0.740. The predicted octanol–water partition coefficient (Wildman–Crippen LogP) is 2.82. The van der Waals surface area contributed by atoms with Gasteiger partial charge in [-0.1, -0.05) is 24.3 Å². The van der Waals surface area contributed by atoms with E-state index in [4.69, 9.17) is 10.5 Å². The van der Waals surface area contributed by atoms with Crippen molar-refractivity contribution >= 4 is 5.78 Å². The maximum atomic E-state index is 12.9. The molecule has 3 rings (SSSR count). The smallest absolute Gasteiger partial charge is 0.141 e. The molecule has 1 aliphatic carbocycles. The Hall–Kier alpha value is -1.19. The molecule has 1 aromatic rings.